The molecule has 0 aromatic heterocycles. The van der Waals surface area contributed by atoms with Gasteiger partial charge in [0.2, 0.25) is 0 Å². The van der Waals surface area contributed by atoms with E-state index in [1.165, 1.54) is 71.5 Å². The van der Waals surface area contributed by atoms with Gasteiger partial charge in [-0.15, -0.1) is 0 Å². The first-order valence-electron chi connectivity index (χ1n) is 11.0. The Hall–Kier alpha value is -0.420. The average Bonchev–Trinajstić information content (AvgIpc) is 2.70. The van der Waals surface area contributed by atoms with Crippen LogP contribution in [-0.4, -0.2) is 100 Å². The molecule has 0 radical (unpaired) electrons. The van der Waals surface area contributed by atoms with E-state index in [1.54, 1.807) is 0 Å². The van der Waals surface area contributed by atoms with Crippen molar-refractivity contribution in [1.82, 2.24) is 19.6 Å². The van der Waals surface area contributed by atoms with Gasteiger partial charge in [0.05, 0.1) is 0 Å². The zero-order valence-electron chi connectivity index (χ0n) is 19.4. The van der Waals surface area contributed by atoms with E-state index in [0.29, 0.717) is 0 Å². The molecule has 4 heteroatoms. The summed E-state index contributed by atoms with van der Waals surface area (Å²) < 4.78 is 0. The Kier molecular flexibility index (Phi) is 27.4. The Bertz CT molecular complexity index is 270. The van der Waals surface area contributed by atoms with E-state index in [-0.39, 0.29) is 7.43 Å². The Balaban J connectivity index is -0.000000288. The fourth-order valence-electron chi connectivity index (χ4n) is 2.72. The molecule has 3 rings (SSSR count). The average molecular weight is 387 g/mol. The molecule has 3 aliphatic rings. The lowest BCUT2D eigenvalue weighted by molar-refractivity contribution is 0.181. The highest BCUT2D eigenvalue weighted by atomic mass is 15.2. The van der Waals surface area contributed by atoms with Crippen LogP contribution in [0.2, 0.25) is 0 Å². The maximum atomic E-state index is 2.39. The predicted molar refractivity (Wildman–Crippen MR) is 127 cm³/mol. The van der Waals surface area contributed by atoms with Gasteiger partial charge in [-0.05, 0) is 60.5 Å². The summed E-state index contributed by atoms with van der Waals surface area (Å²) in [6, 6.07) is 0. The summed E-state index contributed by atoms with van der Waals surface area (Å²) in [5.41, 5.74) is 0. The molecule has 0 atom stereocenters. The summed E-state index contributed by atoms with van der Waals surface area (Å²) in [6.07, 6.45) is 9.96. The minimum atomic E-state index is 0. The number of nitrogens with zero attached hydrogens (tertiary/aromatic N) is 4. The molecule has 27 heavy (non-hydrogen) atoms. The highest BCUT2D eigenvalue weighted by Crippen LogP contribution is 2.04. The predicted octanol–water partition coefficient (Wildman–Crippen LogP) is 4.53. The summed E-state index contributed by atoms with van der Waals surface area (Å²) in [5.74, 6) is 0. The van der Waals surface area contributed by atoms with Crippen LogP contribution < -0.4 is 0 Å². The molecule has 0 N–H and O–H groups in total. The third kappa shape index (κ3) is 21.7. The van der Waals surface area contributed by atoms with Crippen LogP contribution in [0.3, 0.4) is 0 Å². The van der Waals surface area contributed by atoms with Crippen LogP contribution >= 0.6 is 0 Å². The van der Waals surface area contributed by atoms with Crippen molar-refractivity contribution in [2.45, 2.75) is 60.8 Å². The van der Waals surface area contributed by atoms with Gasteiger partial charge in [-0.25, -0.2) is 0 Å². The van der Waals surface area contributed by atoms with Crippen molar-refractivity contribution < 1.29 is 0 Å². The standard InChI is InChI=1S/C6H14N2.C6H13N.C6H11N.2C2H6.CH4/c1-7-3-5-8(2)6-4-7;2*1-7-5-3-2-4-6-7;2*1-2;/h3-6H2,1-2H3;2-6H2,1H3;2-3H,4-6H2,1H3;2*1-2H3;1H4. The summed E-state index contributed by atoms with van der Waals surface area (Å²) >= 11 is 0. The van der Waals surface area contributed by atoms with Crippen molar-refractivity contribution in [1.29, 1.82) is 0 Å². The van der Waals surface area contributed by atoms with E-state index in [2.05, 4.69) is 59.9 Å². The maximum Gasteiger partial charge on any atom is 0.0160 e. The van der Waals surface area contributed by atoms with Crippen LogP contribution in [0.5, 0.6) is 0 Å². The highest BCUT2D eigenvalue weighted by molar-refractivity contribution is 4.89. The lowest BCUT2D eigenvalue weighted by atomic mass is 10.1. The summed E-state index contributed by atoms with van der Waals surface area (Å²) in [7, 11) is 8.68. The lowest BCUT2D eigenvalue weighted by Crippen LogP contribution is -2.42. The van der Waals surface area contributed by atoms with Gasteiger partial charge in [0, 0.05) is 39.3 Å². The zero-order valence-corrected chi connectivity index (χ0v) is 19.4. The van der Waals surface area contributed by atoms with Crippen LogP contribution in [0.15, 0.2) is 12.2 Å². The van der Waals surface area contributed by atoms with E-state index < -0.39 is 0 Å². The molecule has 0 spiro atoms. The number of hydrogen-bond donors (Lipinski definition) is 0. The van der Waals surface area contributed by atoms with Crippen LogP contribution in [0.25, 0.3) is 0 Å². The van der Waals surface area contributed by atoms with Gasteiger partial charge in [-0.1, -0.05) is 53.7 Å². The number of piperidine rings is 1. The van der Waals surface area contributed by atoms with Gasteiger partial charge in [0.25, 0.3) is 0 Å². The van der Waals surface area contributed by atoms with Gasteiger partial charge in [-0.2, -0.15) is 0 Å². The van der Waals surface area contributed by atoms with Crippen molar-refractivity contribution in [3.63, 3.8) is 0 Å². The monoisotopic (exact) mass is 386 g/mol. The molecular formula is C23H54N4. The van der Waals surface area contributed by atoms with Crippen molar-refractivity contribution in [2.24, 2.45) is 0 Å². The molecule has 0 unspecified atom stereocenters. The molecule has 0 bridgehead atoms. The second kappa shape index (κ2) is 23.6. The first-order valence-corrected chi connectivity index (χ1v) is 11.0. The fraction of sp³-hybridized carbons (Fsp3) is 0.913. The van der Waals surface area contributed by atoms with Crippen molar-refractivity contribution >= 4 is 0 Å². The van der Waals surface area contributed by atoms with Gasteiger partial charge in [-0.3, -0.25) is 0 Å². The summed E-state index contributed by atoms with van der Waals surface area (Å²) in [4.78, 5) is 9.42. The molecule has 166 valence electrons. The number of likely N-dealkylation sites (tertiary alicyclic amines) is 1. The van der Waals surface area contributed by atoms with Crippen LogP contribution in [-0.2, 0) is 0 Å². The van der Waals surface area contributed by atoms with E-state index in [1.807, 2.05) is 27.7 Å². The topological polar surface area (TPSA) is 13.0 Å². The third-order valence-corrected chi connectivity index (χ3v) is 4.57. The molecule has 2 saturated heterocycles. The molecular weight excluding hydrogens is 332 g/mol. The van der Waals surface area contributed by atoms with Crippen molar-refractivity contribution in [2.75, 3.05) is 80.5 Å². The Morgan fingerprint density at radius 1 is 0.481 bits per heavy atom. The third-order valence-electron chi connectivity index (χ3n) is 4.57. The molecule has 0 saturated carbocycles. The normalized spacial score (nSPS) is 20.7. The van der Waals surface area contributed by atoms with Crippen LogP contribution in [0.4, 0.5) is 0 Å². The zero-order chi connectivity index (χ0) is 20.2. The van der Waals surface area contributed by atoms with Crippen LogP contribution in [0.1, 0.15) is 60.8 Å². The van der Waals surface area contributed by atoms with E-state index in [9.17, 15) is 0 Å². The second-order valence-electron chi connectivity index (χ2n) is 6.99. The molecule has 0 aromatic rings. The van der Waals surface area contributed by atoms with E-state index >= 15 is 0 Å². The maximum absolute atomic E-state index is 2.39. The molecule has 3 aliphatic heterocycles. The highest BCUT2D eigenvalue weighted by Gasteiger charge is 2.07. The van der Waals surface area contributed by atoms with E-state index in [4.69, 9.17) is 0 Å². The van der Waals surface area contributed by atoms with Gasteiger partial charge in [0.1, 0.15) is 0 Å². The van der Waals surface area contributed by atoms with Crippen molar-refractivity contribution in [3.05, 3.63) is 12.2 Å². The lowest BCUT2D eigenvalue weighted by Gasteiger charge is -2.28. The Morgan fingerprint density at radius 3 is 1.11 bits per heavy atom. The molecule has 0 amide bonds. The summed E-state index contributed by atoms with van der Waals surface area (Å²) in [6.45, 7) is 17.9. The Morgan fingerprint density at radius 2 is 0.889 bits per heavy atom. The number of rotatable bonds is 0. The molecule has 2 fully saturated rings. The molecule has 3 heterocycles. The van der Waals surface area contributed by atoms with Gasteiger partial charge in [0.15, 0.2) is 0 Å². The fourth-order valence-corrected chi connectivity index (χ4v) is 2.72. The smallest absolute Gasteiger partial charge is 0.0160 e. The minimum Gasteiger partial charge on any atom is -0.306 e. The number of piperazine rings is 1. The largest absolute Gasteiger partial charge is 0.306 e. The van der Waals surface area contributed by atoms with Gasteiger partial charge >= 0.3 is 0 Å². The quantitative estimate of drug-likeness (QED) is 0.567. The molecule has 4 nitrogen and oxygen atoms in total. The minimum absolute atomic E-state index is 0. The number of likely N-dealkylation sites (N-methyl/N-ethyl adjacent to an activating group) is 3. The van der Waals surface area contributed by atoms with E-state index in [0.717, 1.165) is 6.54 Å². The molecule has 0 aliphatic carbocycles. The Labute approximate surface area is 173 Å². The molecule has 0 aromatic carbocycles. The van der Waals surface area contributed by atoms with Crippen LogP contribution in [0, 0.1) is 0 Å². The van der Waals surface area contributed by atoms with Gasteiger partial charge < -0.3 is 19.6 Å². The first kappa shape index (κ1) is 31.3. The SMILES string of the molecule is C.CC.CC.CN1CC=CCC1.CN1CCCCC1.CN1CCN(C)CC1. The summed E-state index contributed by atoms with van der Waals surface area (Å²) in [5, 5.41) is 0. The first-order chi connectivity index (χ1) is 12.6. The number of hydrogen-bond acceptors (Lipinski definition) is 4. The second-order valence-corrected chi connectivity index (χ2v) is 6.99. The van der Waals surface area contributed by atoms with Crippen molar-refractivity contribution in [3.8, 4) is 0 Å².